The molecule has 0 spiro atoms. The Hall–Kier alpha value is -3.50. The fourth-order valence-electron chi connectivity index (χ4n) is 2.83. The molecule has 10 nitrogen and oxygen atoms in total. The molecule has 186 valence electrons. The minimum atomic E-state index is 0.656. The molecule has 0 radical (unpaired) electrons. The summed E-state index contributed by atoms with van der Waals surface area (Å²) in [5, 5.41) is 21.6. The van der Waals surface area contributed by atoms with Crippen LogP contribution in [0.4, 0.5) is 23.8 Å². The van der Waals surface area contributed by atoms with Crippen molar-refractivity contribution in [2.75, 3.05) is 55.2 Å². The van der Waals surface area contributed by atoms with E-state index < -0.39 is 0 Å². The number of aromatic amines is 2. The third-order valence-corrected chi connectivity index (χ3v) is 5.24. The highest BCUT2D eigenvalue weighted by atomic mass is 35.5. The SMILES string of the molecule is CN(C)c1n[nH]c(NCCc2ccc(Cl)cc2)n1.CN(C)c1n[nH]c(NCc2ccc(Cl)cc2)n1. The predicted molar refractivity (Wildman–Crippen MR) is 144 cm³/mol. The van der Waals surface area contributed by atoms with Crippen molar-refractivity contribution in [3.05, 3.63) is 69.7 Å². The van der Waals surface area contributed by atoms with Crippen LogP contribution in [0.25, 0.3) is 0 Å². The van der Waals surface area contributed by atoms with E-state index in [9.17, 15) is 0 Å². The average Bonchev–Trinajstić information content (AvgIpc) is 3.51. The maximum Gasteiger partial charge on any atom is 0.245 e. The largest absolute Gasteiger partial charge is 0.354 e. The first kappa shape index (κ1) is 26.1. The van der Waals surface area contributed by atoms with Gasteiger partial charge < -0.3 is 20.4 Å². The number of aromatic nitrogens is 6. The summed E-state index contributed by atoms with van der Waals surface area (Å²) in [5.74, 6) is 2.67. The first-order valence-electron chi connectivity index (χ1n) is 11.0. The second kappa shape index (κ2) is 12.8. The highest BCUT2D eigenvalue weighted by molar-refractivity contribution is 6.30. The summed E-state index contributed by atoms with van der Waals surface area (Å²) in [6.07, 6.45) is 0.912. The molecule has 35 heavy (non-hydrogen) atoms. The van der Waals surface area contributed by atoms with E-state index in [0.29, 0.717) is 30.3 Å². The maximum absolute atomic E-state index is 5.83. The summed E-state index contributed by atoms with van der Waals surface area (Å²) >= 11 is 11.6. The van der Waals surface area contributed by atoms with Gasteiger partial charge in [0.2, 0.25) is 23.8 Å². The minimum Gasteiger partial charge on any atom is -0.354 e. The quantitative estimate of drug-likeness (QED) is 0.260. The average molecular weight is 517 g/mol. The number of H-pyrrole nitrogens is 2. The number of nitrogens with zero attached hydrogens (tertiary/aromatic N) is 6. The first-order valence-corrected chi connectivity index (χ1v) is 11.7. The summed E-state index contributed by atoms with van der Waals surface area (Å²) in [6.45, 7) is 1.48. The molecule has 2 heterocycles. The van der Waals surface area contributed by atoms with Gasteiger partial charge in [-0.25, -0.2) is 10.2 Å². The van der Waals surface area contributed by atoms with Gasteiger partial charge in [0.1, 0.15) is 0 Å². The Balaban J connectivity index is 0.000000196. The van der Waals surface area contributed by atoms with Crippen molar-refractivity contribution in [1.29, 1.82) is 0 Å². The fourth-order valence-corrected chi connectivity index (χ4v) is 3.08. The lowest BCUT2D eigenvalue weighted by Crippen LogP contribution is -2.10. The normalized spacial score (nSPS) is 10.3. The third-order valence-electron chi connectivity index (χ3n) is 4.74. The van der Waals surface area contributed by atoms with Crippen LogP contribution in [-0.2, 0) is 13.0 Å². The van der Waals surface area contributed by atoms with Crippen molar-refractivity contribution in [3.8, 4) is 0 Å². The first-order chi connectivity index (χ1) is 16.8. The van der Waals surface area contributed by atoms with Crippen LogP contribution in [0.1, 0.15) is 11.1 Å². The van der Waals surface area contributed by atoms with Crippen molar-refractivity contribution in [1.82, 2.24) is 30.4 Å². The van der Waals surface area contributed by atoms with Gasteiger partial charge >= 0.3 is 0 Å². The molecule has 4 rings (SSSR count). The second-order valence-electron chi connectivity index (χ2n) is 8.04. The number of rotatable bonds is 9. The van der Waals surface area contributed by atoms with Crippen LogP contribution in [0.2, 0.25) is 10.0 Å². The molecule has 0 amide bonds. The van der Waals surface area contributed by atoms with Gasteiger partial charge in [-0.15, -0.1) is 10.2 Å². The van der Waals surface area contributed by atoms with Crippen molar-refractivity contribution in [3.63, 3.8) is 0 Å². The van der Waals surface area contributed by atoms with Gasteiger partial charge in [-0.2, -0.15) is 9.97 Å². The van der Waals surface area contributed by atoms with E-state index in [1.807, 2.05) is 86.5 Å². The Morgan fingerprint density at radius 1 is 0.686 bits per heavy atom. The zero-order valence-electron chi connectivity index (χ0n) is 20.2. The van der Waals surface area contributed by atoms with Crippen molar-refractivity contribution < 1.29 is 0 Å². The number of benzene rings is 2. The Morgan fingerprint density at radius 2 is 1.14 bits per heavy atom. The molecule has 0 fully saturated rings. The van der Waals surface area contributed by atoms with Crippen LogP contribution in [0.15, 0.2) is 48.5 Å². The molecule has 2 aromatic heterocycles. The molecule has 0 saturated carbocycles. The number of hydrogen-bond donors (Lipinski definition) is 4. The van der Waals surface area contributed by atoms with E-state index in [2.05, 4.69) is 41.0 Å². The lowest BCUT2D eigenvalue weighted by molar-refractivity contribution is 0.980. The van der Waals surface area contributed by atoms with Crippen molar-refractivity contribution in [2.24, 2.45) is 0 Å². The number of hydrogen-bond acceptors (Lipinski definition) is 8. The molecule has 12 heteroatoms. The molecular weight excluding hydrogens is 487 g/mol. The van der Waals surface area contributed by atoms with Gasteiger partial charge in [0, 0.05) is 51.3 Å². The van der Waals surface area contributed by atoms with E-state index in [-0.39, 0.29) is 0 Å². The summed E-state index contributed by atoms with van der Waals surface area (Å²) in [6, 6.07) is 15.5. The van der Waals surface area contributed by atoms with Gasteiger partial charge in [0.05, 0.1) is 0 Å². The minimum absolute atomic E-state index is 0.656. The predicted octanol–water partition coefficient (Wildman–Crippen LogP) is 4.31. The molecule has 0 aliphatic heterocycles. The van der Waals surface area contributed by atoms with Crippen molar-refractivity contribution >= 4 is 47.0 Å². The number of anilines is 4. The summed E-state index contributed by atoms with van der Waals surface area (Å²) in [4.78, 5) is 12.2. The molecular formula is C23H30Cl2N10. The molecule has 0 saturated heterocycles. The Morgan fingerprint density at radius 3 is 1.60 bits per heavy atom. The number of halogens is 2. The Kier molecular flexibility index (Phi) is 9.56. The molecule has 2 aromatic carbocycles. The highest BCUT2D eigenvalue weighted by Gasteiger charge is 2.04. The Bertz CT molecular complexity index is 1150. The monoisotopic (exact) mass is 516 g/mol. The van der Waals surface area contributed by atoms with Crippen LogP contribution >= 0.6 is 23.2 Å². The zero-order valence-corrected chi connectivity index (χ0v) is 21.7. The van der Waals surface area contributed by atoms with Gasteiger partial charge in [-0.3, -0.25) is 0 Å². The summed E-state index contributed by atoms with van der Waals surface area (Å²) in [7, 11) is 7.60. The third kappa shape index (κ3) is 8.66. The van der Waals surface area contributed by atoms with E-state index in [4.69, 9.17) is 23.2 Å². The topological polar surface area (TPSA) is 114 Å². The van der Waals surface area contributed by atoms with Gasteiger partial charge in [-0.05, 0) is 41.8 Å². The number of nitrogens with one attached hydrogen (secondary N) is 4. The van der Waals surface area contributed by atoms with E-state index in [0.717, 1.165) is 28.6 Å². The lowest BCUT2D eigenvalue weighted by Gasteiger charge is -2.04. The summed E-state index contributed by atoms with van der Waals surface area (Å²) < 4.78 is 0. The van der Waals surface area contributed by atoms with Crippen LogP contribution in [0, 0.1) is 0 Å². The van der Waals surface area contributed by atoms with Crippen LogP contribution in [-0.4, -0.2) is 65.1 Å². The molecule has 4 aromatic rings. The fraction of sp³-hybridized carbons (Fsp3) is 0.304. The van der Waals surface area contributed by atoms with E-state index >= 15 is 0 Å². The second-order valence-corrected chi connectivity index (χ2v) is 8.91. The van der Waals surface area contributed by atoms with E-state index in [1.54, 1.807) is 0 Å². The lowest BCUT2D eigenvalue weighted by atomic mass is 10.1. The van der Waals surface area contributed by atoms with Crippen LogP contribution < -0.4 is 20.4 Å². The molecule has 0 atom stereocenters. The standard InChI is InChI=1S/C12H16ClN5.C11H14ClN5/c1-18(2)12-15-11(16-17-12)14-8-7-9-3-5-10(13)6-4-9;1-17(2)11-14-10(15-16-11)13-7-8-3-5-9(12)6-4-8/h3-6H,7-8H2,1-2H3,(H2,14,15,16,17);3-6H,7H2,1-2H3,(H2,13,14,15,16). The van der Waals surface area contributed by atoms with Crippen LogP contribution in [0.3, 0.4) is 0 Å². The smallest absolute Gasteiger partial charge is 0.245 e. The molecule has 4 N–H and O–H groups in total. The molecule has 0 aliphatic carbocycles. The van der Waals surface area contributed by atoms with Crippen LogP contribution in [0.5, 0.6) is 0 Å². The molecule has 0 aliphatic rings. The van der Waals surface area contributed by atoms with Gasteiger partial charge in [0.15, 0.2) is 0 Å². The molecule has 0 bridgehead atoms. The summed E-state index contributed by atoms with van der Waals surface area (Å²) in [5.41, 5.74) is 2.37. The van der Waals surface area contributed by atoms with Gasteiger partial charge in [0.25, 0.3) is 0 Å². The zero-order chi connectivity index (χ0) is 25.2. The van der Waals surface area contributed by atoms with E-state index in [1.165, 1.54) is 5.56 Å². The Labute approximate surface area is 215 Å². The van der Waals surface area contributed by atoms with Crippen molar-refractivity contribution in [2.45, 2.75) is 13.0 Å². The molecule has 0 unspecified atom stereocenters. The highest BCUT2D eigenvalue weighted by Crippen LogP contribution is 2.12. The van der Waals surface area contributed by atoms with Gasteiger partial charge in [-0.1, -0.05) is 47.5 Å². The maximum atomic E-state index is 5.83.